The van der Waals surface area contributed by atoms with E-state index in [1.165, 1.54) is 6.92 Å². The normalized spacial score (nSPS) is 11.1. The summed E-state index contributed by atoms with van der Waals surface area (Å²) in [5, 5.41) is 2.20. The monoisotopic (exact) mass is 204 g/mol. The van der Waals surface area contributed by atoms with Crippen LogP contribution in [0.15, 0.2) is 12.3 Å². The van der Waals surface area contributed by atoms with Gasteiger partial charge in [-0.25, -0.2) is 4.98 Å². The van der Waals surface area contributed by atoms with Gasteiger partial charge < -0.3 is 5.32 Å². The van der Waals surface area contributed by atoms with E-state index < -0.39 is 11.7 Å². The molecule has 1 aromatic rings. The van der Waals surface area contributed by atoms with Crippen LogP contribution >= 0.6 is 0 Å². The SMILES string of the molecule is Cc1cc(C(F)(F)F)cnc1NC=O. The average Bonchev–Trinajstić information content (AvgIpc) is 2.07. The zero-order valence-corrected chi connectivity index (χ0v) is 7.22. The maximum Gasteiger partial charge on any atom is 0.417 e. The Bertz CT molecular complexity index is 349. The molecule has 0 saturated heterocycles. The molecule has 6 heteroatoms. The Labute approximate surface area is 78.0 Å². The molecule has 3 nitrogen and oxygen atoms in total. The van der Waals surface area contributed by atoms with Crippen molar-refractivity contribution >= 4 is 12.2 Å². The topological polar surface area (TPSA) is 42.0 Å². The first-order valence-corrected chi connectivity index (χ1v) is 3.69. The number of nitrogens with zero attached hydrogens (tertiary/aromatic N) is 1. The van der Waals surface area contributed by atoms with Gasteiger partial charge in [-0.1, -0.05) is 0 Å². The van der Waals surface area contributed by atoms with E-state index >= 15 is 0 Å². The molecule has 1 N–H and O–H groups in total. The first-order chi connectivity index (χ1) is 6.45. The number of pyridine rings is 1. The molecule has 1 heterocycles. The number of aromatic nitrogens is 1. The molecule has 0 atom stereocenters. The van der Waals surface area contributed by atoms with Gasteiger partial charge in [0.15, 0.2) is 0 Å². The lowest BCUT2D eigenvalue weighted by atomic mass is 10.2. The second-order valence-corrected chi connectivity index (χ2v) is 2.65. The molecule has 0 saturated carbocycles. The van der Waals surface area contributed by atoms with E-state index in [0.29, 0.717) is 12.6 Å². The minimum atomic E-state index is -4.41. The van der Waals surface area contributed by atoms with E-state index in [1.54, 1.807) is 0 Å². The molecule has 76 valence electrons. The molecule has 1 amide bonds. The largest absolute Gasteiger partial charge is 0.417 e. The van der Waals surface area contributed by atoms with E-state index in [0.717, 1.165) is 6.07 Å². The van der Waals surface area contributed by atoms with Crippen LogP contribution in [0.2, 0.25) is 0 Å². The van der Waals surface area contributed by atoms with E-state index in [9.17, 15) is 18.0 Å². The fraction of sp³-hybridized carbons (Fsp3) is 0.250. The van der Waals surface area contributed by atoms with Crippen molar-refractivity contribution in [2.45, 2.75) is 13.1 Å². The summed E-state index contributed by atoms with van der Waals surface area (Å²) < 4.78 is 36.5. The summed E-state index contributed by atoms with van der Waals surface area (Å²) in [4.78, 5) is 13.5. The summed E-state index contributed by atoms with van der Waals surface area (Å²) in [6, 6.07) is 0.929. The van der Waals surface area contributed by atoms with Gasteiger partial charge in [-0.15, -0.1) is 0 Å². The van der Waals surface area contributed by atoms with Crippen molar-refractivity contribution in [1.82, 2.24) is 4.98 Å². The van der Waals surface area contributed by atoms with Gasteiger partial charge >= 0.3 is 6.18 Å². The highest BCUT2D eigenvalue weighted by Crippen LogP contribution is 2.30. The first kappa shape index (κ1) is 10.5. The molecule has 0 radical (unpaired) electrons. The number of halogens is 3. The fourth-order valence-electron chi connectivity index (χ4n) is 0.937. The third-order valence-electron chi connectivity index (χ3n) is 1.60. The Balaban J connectivity index is 3.06. The minimum absolute atomic E-state index is 0.132. The molecule has 0 aliphatic carbocycles. The maximum absolute atomic E-state index is 12.2. The van der Waals surface area contributed by atoms with Crippen molar-refractivity contribution in [3.63, 3.8) is 0 Å². The highest BCUT2D eigenvalue weighted by molar-refractivity contribution is 5.70. The van der Waals surface area contributed by atoms with Crippen molar-refractivity contribution in [3.8, 4) is 0 Å². The number of hydrogen-bond acceptors (Lipinski definition) is 2. The molecule has 14 heavy (non-hydrogen) atoms. The predicted molar refractivity (Wildman–Crippen MR) is 43.7 cm³/mol. The third-order valence-corrected chi connectivity index (χ3v) is 1.60. The highest BCUT2D eigenvalue weighted by atomic mass is 19.4. The van der Waals surface area contributed by atoms with Gasteiger partial charge in [-0.2, -0.15) is 13.2 Å². The molecular weight excluding hydrogens is 197 g/mol. The molecule has 0 aliphatic rings. The number of carbonyl (C=O) groups excluding carboxylic acids is 1. The molecular formula is C8H7F3N2O. The van der Waals surface area contributed by atoms with E-state index in [1.807, 2.05) is 0 Å². The van der Waals surface area contributed by atoms with Gasteiger partial charge in [0.2, 0.25) is 6.41 Å². The van der Waals surface area contributed by atoms with Gasteiger partial charge in [-0.3, -0.25) is 4.79 Å². The number of alkyl halides is 3. The van der Waals surface area contributed by atoms with Crippen molar-refractivity contribution in [2.75, 3.05) is 5.32 Å². The molecule has 0 fully saturated rings. The summed E-state index contributed by atoms with van der Waals surface area (Å²) in [6.07, 6.45) is -3.36. The van der Waals surface area contributed by atoms with E-state index in [2.05, 4.69) is 10.3 Å². The Kier molecular flexibility index (Phi) is 2.73. The van der Waals surface area contributed by atoms with Crippen molar-refractivity contribution in [1.29, 1.82) is 0 Å². The van der Waals surface area contributed by atoms with Crippen LogP contribution in [-0.4, -0.2) is 11.4 Å². The van der Waals surface area contributed by atoms with Crippen LogP contribution in [0, 0.1) is 6.92 Å². The summed E-state index contributed by atoms with van der Waals surface area (Å²) in [5.41, 5.74) is -0.557. The minimum Gasteiger partial charge on any atom is -0.313 e. The second-order valence-electron chi connectivity index (χ2n) is 2.65. The lowest BCUT2D eigenvalue weighted by Gasteiger charge is -2.08. The predicted octanol–water partition coefficient (Wildman–Crippen LogP) is 1.98. The van der Waals surface area contributed by atoms with Crippen LogP contribution in [-0.2, 0) is 11.0 Å². The number of amides is 1. The Morgan fingerprint density at radius 3 is 2.57 bits per heavy atom. The van der Waals surface area contributed by atoms with Gasteiger partial charge in [0, 0.05) is 6.20 Å². The van der Waals surface area contributed by atoms with Crippen LogP contribution in [0.1, 0.15) is 11.1 Å². The van der Waals surface area contributed by atoms with Gasteiger partial charge in [-0.05, 0) is 18.6 Å². The summed E-state index contributed by atoms with van der Waals surface area (Å²) in [5.74, 6) is 0.132. The third kappa shape index (κ3) is 2.21. The van der Waals surface area contributed by atoms with Crippen molar-refractivity contribution < 1.29 is 18.0 Å². The highest BCUT2D eigenvalue weighted by Gasteiger charge is 2.31. The zero-order chi connectivity index (χ0) is 10.8. The van der Waals surface area contributed by atoms with Crippen LogP contribution < -0.4 is 5.32 Å². The number of anilines is 1. The Morgan fingerprint density at radius 2 is 2.14 bits per heavy atom. The van der Waals surface area contributed by atoms with Gasteiger partial charge in [0.1, 0.15) is 5.82 Å². The summed E-state index contributed by atoms with van der Waals surface area (Å²) in [6.45, 7) is 1.44. The number of aryl methyl sites for hydroxylation is 1. The zero-order valence-electron chi connectivity index (χ0n) is 7.22. The first-order valence-electron chi connectivity index (χ1n) is 3.69. The number of nitrogens with one attached hydrogen (secondary N) is 1. The Hall–Kier alpha value is -1.59. The lowest BCUT2D eigenvalue weighted by molar-refractivity contribution is -0.137. The number of carbonyl (C=O) groups is 1. The number of hydrogen-bond donors (Lipinski definition) is 1. The summed E-state index contributed by atoms with van der Waals surface area (Å²) >= 11 is 0. The van der Waals surface area contributed by atoms with Crippen molar-refractivity contribution in [3.05, 3.63) is 23.4 Å². The van der Waals surface area contributed by atoms with Crippen LogP contribution in [0.3, 0.4) is 0 Å². The van der Waals surface area contributed by atoms with Crippen molar-refractivity contribution in [2.24, 2.45) is 0 Å². The van der Waals surface area contributed by atoms with Crippen LogP contribution in [0.25, 0.3) is 0 Å². The average molecular weight is 204 g/mol. The molecule has 0 aliphatic heterocycles. The van der Waals surface area contributed by atoms with Gasteiger partial charge in [0.25, 0.3) is 0 Å². The van der Waals surface area contributed by atoms with Crippen LogP contribution in [0.5, 0.6) is 0 Å². The molecule has 1 aromatic heterocycles. The molecule has 0 spiro atoms. The molecule has 0 unspecified atom stereocenters. The smallest absolute Gasteiger partial charge is 0.313 e. The van der Waals surface area contributed by atoms with E-state index in [4.69, 9.17) is 0 Å². The lowest BCUT2D eigenvalue weighted by Crippen LogP contribution is -2.08. The molecule has 0 aromatic carbocycles. The van der Waals surface area contributed by atoms with Gasteiger partial charge in [0.05, 0.1) is 5.56 Å². The van der Waals surface area contributed by atoms with E-state index in [-0.39, 0.29) is 11.4 Å². The standard InChI is InChI=1S/C8H7F3N2O/c1-5-2-6(8(9,10)11)3-12-7(5)13-4-14/h2-4H,1H3,(H,12,13,14). The number of rotatable bonds is 2. The second kappa shape index (κ2) is 3.65. The molecule has 0 bridgehead atoms. The maximum atomic E-state index is 12.2. The quantitative estimate of drug-likeness (QED) is 0.748. The molecule has 1 rings (SSSR count). The Morgan fingerprint density at radius 1 is 1.50 bits per heavy atom. The fourth-order valence-corrected chi connectivity index (χ4v) is 0.937. The van der Waals surface area contributed by atoms with Crippen LogP contribution in [0.4, 0.5) is 19.0 Å². The summed E-state index contributed by atoms with van der Waals surface area (Å²) in [7, 11) is 0.